The van der Waals surface area contributed by atoms with E-state index in [-0.39, 0.29) is 30.6 Å². The minimum absolute atomic E-state index is 0.00939. The Morgan fingerprint density at radius 2 is 1.62 bits per heavy atom. The Bertz CT molecular complexity index is 1780. The summed E-state index contributed by atoms with van der Waals surface area (Å²) >= 11 is 0. The Labute approximate surface area is 312 Å². The van der Waals surface area contributed by atoms with Crippen LogP contribution in [0.4, 0.5) is 11.4 Å². The molecule has 2 aliphatic heterocycles. The van der Waals surface area contributed by atoms with Crippen LogP contribution in [0.15, 0.2) is 97.1 Å². The lowest BCUT2D eigenvalue weighted by atomic mass is 9.98. The Morgan fingerprint density at radius 3 is 2.38 bits per heavy atom. The molecule has 2 fully saturated rings. The minimum atomic E-state index is -0.521. The first-order chi connectivity index (χ1) is 25.9. The zero-order valence-electron chi connectivity index (χ0n) is 30.5. The lowest BCUT2D eigenvalue weighted by Gasteiger charge is -2.38. The van der Waals surface area contributed by atoms with E-state index in [1.165, 1.54) is 0 Å². The van der Waals surface area contributed by atoms with Gasteiger partial charge in [0.15, 0.2) is 6.29 Å². The van der Waals surface area contributed by atoms with Gasteiger partial charge in [-0.25, -0.2) is 0 Å². The fourth-order valence-electron chi connectivity index (χ4n) is 7.19. The number of aliphatic hydroxyl groups excluding tert-OH is 1. The van der Waals surface area contributed by atoms with Crippen molar-refractivity contribution in [2.24, 2.45) is 0 Å². The number of nitrogens with one attached hydrogen (secondary N) is 2. The normalized spacial score (nSPS) is 20.3. The number of methoxy groups -OCH3 is 1. The second-order valence-corrected chi connectivity index (χ2v) is 14.0. The third kappa shape index (κ3) is 10.7. The predicted octanol–water partition coefficient (Wildman–Crippen LogP) is 6.90. The summed E-state index contributed by atoms with van der Waals surface area (Å²) in [6, 6.07) is 32.1. The van der Waals surface area contributed by atoms with Crippen LogP contribution >= 0.6 is 0 Å². The first-order valence-electron chi connectivity index (χ1n) is 18.7. The van der Waals surface area contributed by atoms with Crippen LogP contribution in [-0.4, -0.2) is 60.8 Å². The minimum Gasteiger partial charge on any atom is -0.397 e. The number of anilines is 2. The lowest BCUT2D eigenvalue weighted by Crippen LogP contribution is -2.42. The third-order valence-electron chi connectivity index (χ3n) is 10.1. The number of carbonyl (C=O) groups excluding carboxylic acids is 2. The molecule has 4 unspecified atom stereocenters. The van der Waals surface area contributed by atoms with E-state index >= 15 is 0 Å². The highest BCUT2D eigenvalue weighted by atomic mass is 16.7. The number of rotatable bonds is 16. The molecule has 2 saturated heterocycles. The summed E-state index contributed by atoms with van der Waals surface area (Å²) in [6.45, 7) is 3.02. The smallest absolute Gasteiger partial charge is 0.224 e. The van der Waals surface area contributed by atoms with Crippen LogP contribution in [0.5, 0.6) is 0 Å². The molecule has 0 aliphatic carbocycles. The number of nitrogen functional groups attached to an aromatic ring is 1. The molecule has 0 radical (unpaired) electrons. The number of para-hydroxylation sites is 2. The quantitative estimate of drug-likeness (QED) is 0.0726. The molecular weight excluding hydrogens is 668 g/mol. The van der Waals surface area contributed by atoms with E-state index in [0.717, 1.165) is 72.3 Å². The first-order valence-corrected chi connectivity index (χ1v) is 18.7. The second kappa shape index (κ2) is 19.0. The standard InChI is InChI=1S/C43H52N4O6/c1-51-29-36-10-7-23-47(36)27-37-25-40(33-17-15-30(28-48)16-18-33)53-43(52-37)34-21-19-32(20-22-34)35-9-6-8-31(24-35)26-45-41(49)13-4-5-14-42(50)46-39-12-3-2-11-38(39)44/h2-3,6,8-9,11-12,15-22,24,36-37,40,43,48H,4-5,7,10,13-14,23,25-29,44H2,1H3,(H,45,49)(H,46,50). The summed E-state index contributed by atoms with van der Waals surface area (Å²) in [5, 5.41) is 15.4. The van der Waals surface area contributed by atoms with E-state index in [0.29, 0.717) is 49.6 Å². The molecular formula is C43H52N4O6. The van der Waals surface area contributed by atoms with Gasteiger partial charge in [-0.3, -0.25) is 14.5 Å². The van der Waals surface area contributed by atoms with Crippen LogP contribution in [0.3, 0.4) is 0 Å². The van der Waals surface area contributed by atoms with Gasteiger partial charge in [-0.2, -0.15) is 0 Å². The number of unbranched alkanes of at least 4 members (excludes halogenated alkanes) is 1. The lowest BCUT2D eigenvalue weighted by molar-refractivity contribution is -0.253. The fourth-order valence-corrected chi connectivity index (χ4v) is 7.19. The molecule has 10 heteroatoms. The van der Waals surface area contributed by atoms with Crippen LogP contribution in [0.1, 0.15) is 79.6 Å². The third-order valence-corrected chi connectivity index (χ3v) is 10.1. The molecule has 4 aromatic carbocycles. The van der Waals surface area contributed by atoms with Crippen molar-refractivity contribution >= 4 is 23.2 Å². The highest BCUT2D eigenvalue weighted by Gasteiger charge is 2.35. The maximum absolute atomic E-state index is 12.6. The van der Waals surface area contributed by atoms with Crippen LogP contribution in [-0.2, 0) is 37.0 Å². The van der Waals surface area contributed by atoms with E-state index in [4.69, 9.17) is 19.9 Å². The summed E-state index contributed by atoms with van der Waals surface area (Å²) in [6.07, 6.45) is 4.28. The highest BCUT2D eigenvalue weighted by molar-refractivity contribution is 5.93. The Morgan fingerprint density at radius 1 is 0.868 bits per heavy atom. The molecule has 6 rings (SSSR count). The SMILES string of the molecule is COCC1CCCN1CC1CC(c2ccc(CO)cc2)OC(c2ccc(-c3cccc(CNC(=O)CCCCC(=O)Nc4ccccc4N)c3)cc2)O1. The zero-order chi connectivity index (χ0) is 37.0. The zero-order valence-corrected chi connectivity index (χ0v) is 30.5. The number of benzene rings is 4. The van der Waals surface area contributed by atoms with Gasteiger partial charge >= 0.3 is 0 Å². The molecule has 0 aromatic heterocycles. The molecule has 5 N–H and O–H groups in total. The molecule has 4 aromatic rings. The Balaban J connectivity index is 1.03. The Kier molecular flexibility index (Phi) is 13.6. The molecule has 10 nitrogen and oxygen atoms in total. The van der Waals surface area contributed by atoms with Crippen molar-refractivity contribution in [1.29, 1.82) is 0 Å². The Hall–Kier alpha value is -4.58. The van der Waals surface area contributed by atoms with Gasteiger partial charge in [-0.1, -0.05) is 78.9 Å². The van der Waals surface area contributed by atoms with Gasteiger partial charge in [-0.05, 0) is 78.2 Å². The van der Waals surface area contributed by atoms with E-state index < -0.39 is 6.29 Å². The molecule has 4 atom stereocenters. The molecule has 2 amide bonds. The summed E-state index contributed by atoms with van der Waals surface area (Å²) in [5.74, 6) is -0.153. The molecule has 280 valence electrons. The number of ether oxygens (including phenoxy) is 3. The van der Waals surface area contributed by atoms with Crippen LogP contribution in [0.25, 0.3) is 11.1 Å². The summed E-state index contributed by atoms with van der Waals surface area (Å²) < 4.78 is 18.8. The van der Waals surface area contributed by atoms with Crippen molar-refractivity contribution in [2.45, 2.75) is 82.6 Å². The van der Waals surface area contributed by atoms with E-state index in [2.05, 4.69) is 51.9 Å². The van der Waals surface area contributed by atoms with Crippen molar-refractivity contribution in [2.75, 3.05) is 37.9 Å². The number of hydrogen-bond acceptors (Lipinski definition) is 8. The average molecular weight is 721 g/mol. The van der Waals surface area contributed by atoms with Gasteiger partial charge < -0.3 is 35.7 Å². The summed E-state index contributed by atoms with van der Waals surface area (Å²) in [5.41, 5.74) is 13.1. The van der Waals surface area contributed by atoms with Gasteiger partial charge in [-0.15, -0.1) is 0 Å². The van der Waals surface area contributed by atoms with E-state index in [1.807, 2.05) is 48.5 Å². The number of likely N-dealkylation sites (tertiary alicyclic amines) is 1. The summed E-state index contributed by atoms with van der Waals surface area (Å²) in [4.78, 5) is 27.3. The molecule has 2 aliphatic rings. The van der Waals surface area contributed by atoms with Crippen LogP contribution in [0, 0.1) is 0 Å². The number of carbonyl (C=O) groups is 2. The predicted molar refractivity (Wildman–Crippen MR) is 207 cm³/mol. The van der Waals surface area contributed by atoms with Gasteiger partial charge in [0.05, 0.1) is 36.8 Å². The molecule has 0 saturated carbocycles. The second-order valence-electron chi connectivity index (χ2n) is 14.0. The highest BCUT2D eigenvalue weighted by Crippen LogP contribution is 2.39. The van der Waals surface area contributed by atoms with Crippen molar-refractivity contribution in [3.8, 4) is 11.1 Å². The first kappa shape index (κ1) is 38.2. The van der Waals surface area contributed by atoms with Gasteiger partial charge in [0, 0.05) is 51.1 Å². The number of aliphatic hydroxyl groups is 1. The largest absolute Gasteiger partial charge is 0.397 e. The average Bonchev–Trinajstić information content (AvgIpc) is 3.62. The molecule has 0 spiro atoms. The number of nitrogens with two attached hydrogens (primary N) is 1. The number of amides is 2. The van der Waals surface area contributed by atoms with Crippen LogP contribution < -0.4 is 16.4 Å². The van der Waals surface area contributed by atoms with E-state index in [9.17, 15) is 14.7 Å². The van der Waals surface area contributed by atoms with Gasteiger partial charge in [0.25, 0.3) is 0 Å². The molecule has 2 heterocycles. The van der Waals surface area contributed by atoms with Crippen molar-refractivity contribution in [3.05, 3.63) is 119 Å². The fraction of sp³-hybridized carbons (Fsp3) is 0.395. The maximum atomic E-state index is 12.6. The number of hydrogen-bond donors (Lipinski definition) is 4. The van der Waals surface area contributed by atoms with Gasteiger partial charge in [0.1, 0.15) is 0 Å². The van der Waals surface area contributed by atoms with Crippen LogP contribution in [0.2, 0.25) is 0 Å². The monoisotopic (exact) mass is 720 g/mol. The number of nitrogens with zero attached hydrogens (tertiary/aromatic N) is 1. The molecule has 53 heavy (non-hydrogen) atoms. The van der Waals surface area contributed by atoms with Crippen molar-refractivity contribution in [1.82, 2.24) is 10.2 Å². The topological polar surface area (TPSA) is 135 Å². The van der Waals surface area contributed by atoms with E-state index in [1.54, 1.807) is 19.2 Å². The van der Waals surface area contributed by atoms with Crippen molar-refractivity contribution in [3.63, 3.8) is 0 Å². The molecule has 0 bridgehead atoms. The summed E-state index contributed by atoms with van der Waals surface area (Å²) in [7, 11) is 1.76. The van der Waals surface area contributed by atoms with Crippen molar-refractivity contribution < 1.29 is 28.9 Å². The van der Waals surface area contributed by atoms with Gasteiger partial charge in [0.2, 0.25) is 11.8 Å². The maximum Gasteiger partial charge on any atom is 0.224 e.